The molecule has 0 aliphatic carbocycles. The summed E-state index contributed by atoms with van der Waals surface area (Å²) >= 11 is 0. The topological polar surface area (TPSA) is 94.2 Å². The number of carbonyl (C=O) groups is 1. The van der Waals surface area contributed by atoms with E-state index in [0.29, 0.717) is 11.4 Å². The molecule has 1 aromatic heterocycles. The predicted octanol–water partition coefficient (Wildman–Crippen LogP) is 4.23. The SMILES string of the molecule is CC(C)(C)c1nn(-c2cc(F)ccc2F)c(N)c1NC(=O)NCCOc1ccccc1. The third-order valence-corrected chi connectivity index (χ3v) is 4.41. The first-order chi connectivity index (χ1) is 14.7. The maximum absolute atomic E-state index is 14.3. The van der Waals surface area contributed by atoms with E-state index in [2.05, 4.69) is 15.7 Å². The zero-order chi connectivity index (χ0) is 22.6. The lowest BCUT2D eigenvalue weighted by Crippen LogP contribution is -2.33. The summed E-state index contributed by atoms with van der Waals surface area (Å²) in [7, 11) is 0. The van der Waals surface area contributed by atoms with Crippen LogP contribution in [0, 0.1) is 11.6 Å². The summed E-state index contributed by atoms with van der Waals surface area (Å²) in [5.74, 6) is -0.633. The molecule has 0 spiro atoms. The molecule has 0 radical (unpaired) electrons. The van der Waals surface area contributed by atoms with Gasteiger partial charge in [0.05, 0.1) is 12.2 Å². The Morgan fingerprint density at radius 3 is 2.55 bits per heavy atom. The third kappa shape index (κ3) is 5.30. The highest BCUT2D eigenvalue weighted by Crippen LogP contribution is 2.35. The number of anilines is 2. The minimum Gasteiger partial charge on any atom is -0.492 e. The number of para-hydroxylation sites is 1. The van der Waals surface area contributed by atoms with Gasteiger partial charge in [-0.15, -0.1) is 0 Å². The number of hydrogen-bond donors (Lipinski definition) is 3. The second-order valence-corrected chi connectivity index (χ2v) is 7.91. The Morgan fingerprint density at radius 1 is 1.16 bits per heavy atom. The van der Waals surface area contributed by atoms with Crippen molar-refractivity contribution >= 4 is 17.5 Å². The maximum atomic E-state index is 14.3. The van der Waals surface area contributed by atoms with Gasteiger partial charge in [0.2, 0.25) is 0 Å². The van der Waals surface area contributed by atoms with Gasteiger partial charge < -0.3 is 21.1 Å². The molecular weight excluding hydrogens is 404 g/mol. The number of ether oxygens (including phenoxy) is 1. The second kappa shape index (κ2) is 9.03. The van der Waals surface area contributed by atoms with E-state index in [1.807, 2.05) is 51.1 Å². The molecule has 2 aromatic carbocycles. The van der Waals surface area contributed by atoms with Gasteiger partial charge in [-0.3, -0.25) is 0 Å². The minimum atomic E-state index is -0.690. The van der Waals surface area contributed by atoms with Crippen LogP contribution in [0.5, 0.6) is 5.75 Å². The normalized spacial score (nSPS) is 11.3. The van der Waals surface area contributed by atoms with E-state index in [-0.39, 0.29) is 30.3 Å². The predicted molar refractivity (Wildman–Crippen MR) is 116 cm³/mol. The van der Waals surface area contributed by atoms with Crippen LogP contribution in [0.15, 0.2) is 48.5 Å². The number of carbonyl (C=O) groups excluding carboxylic acids is 1. The Kier molecular flexibility index (Phi) is 6.43. The Hall–Kier alpha value is -3.62. The lowest BCUT2D eigenvalue weighted by molar-refractivity contribution is 0.247. The molecule has 0 unspecified atom stereocenters. The van der Waals surface area contributed by atoms with Crippen molar-refractivity contribution in [1.82, 2.24) is 15.1 Å². The van der Waals surface area contributed by atoms with Crippen LogP contribution in [-0.4, -0.2) is 29.0 Å². The largest absolute Gasteiger partial charge is 0.492 e. The van der Waals surface area contributed by atoms with Gasteiger partial charge in [-0.25, -0.2) is 18.3 Å². The Labute approximate surface area is 179 Å². The highest BCUT2D eigenvalue weighted by atomic mass is 19.1. The molecule has 31 heavy (non-hydrogen) atoms. The lowest BCUT2D eigenvalue weighted by Gasteiger charge is -2.18. The molecule has 0 aliphatic heterocycles. The lowest BCUT2D eigenvalue weighted by atomic mass is 9.91. The van der Waals surface area contributed by atoms with E-state index in [0.717, 1.165) is 22.9 Å². The van der Waals surface area contributed by atoms with Crippen LogP contribution in [0.1, 0.15) is 26.5 Å². The van der Waals surface area contributed by atoms with Crippen LogP contribution in [0.3, 0.4) is 0 Å². The first-order valence-electron chi connectivity index (χ1n) is 9.74. The molecule has 3 rings (SSSR count). The molecule has 0 fully saturated rings. The Morgan fingerprint density at radius 2 is 1.87 bits per heavy atom. The van der Waals surface area contributed by atoms with E-state index >= 15 is 0 Å². The van der Waals surface area contributed by atoms with Crippen molar-refractivity contribution in [3.63, 3.8) is 0 Å². The van der Waals surface area contributed by atoms with E-state index in [1.54, 1.807) is 0 Å². The van der Waals surface area contributed by atoms with E-state index < -0.39 is 23.1 Å². The number of nitrogens with zero attached hydrogens (tertiary/aromatic N) is 2. The number of aromatic nitrogens is 2. The molecule has 4 N–H and O–H groups in total. The number of rotatable bonds is 6. The zero-order valence-electron chi connectivity index (χ0n) is 17.6. The number of nitrogen functional groups attached to an aromatic ring is 1. The van der Waals surface area contributed by atoms with Crippen molar-refractivity contribution in [3.05, 3.63) is 65.9 Å². The number of urea groups is 1. The van der Waals surface area contributed by atoms with Crippen molar-refractivity contribution in [3.8, 4) is 11.4 Å². The van der Waals surface area contributed by atoms with Crippen molar-refractivity contribution in [2.24, 2.45) is 0 Å². The van der Waals surface area contributed by atoms with Gasteiger partial charge in [0.25, 0.3) is 0 Å². The minimum absolute atomic E-state index is 0.00916. The van der Waals surface area contributed by atoms with Crippen LogP contribution in [0.4, 0.5) is 25.1 Å². The molecule has 7 nitrogen and oxygen atoms in total. The summed E-state index contributed by atoms with van der Waals surface area (Å²) in [6.07, 6.45) is 0. The average molecular weight is 429 g/mol. The number of halogens is 2. The van der Waals surface area contributed by atoms with E-state index in [9.17, 15) is 13.6 Å². The molecule has 9 heteroatoms. The molecule has 0 aliphatic rings. The molecular formula is C22H25F2N5O2. The van der Waals surface area contributed by atoms with Crippen LogP contribution < -0.4 is 21.1 Å². The van der Waals surface area contributed by atoms with Crippen LogP contribution in [-0.2, 0) is 5.41 Å². The summed E-state index contributed by atoms with van der Waals surface area (Å²) in [6, 6.07) is 11.7. The molecule has 2 amide bonds. The van der Waals surface area contributed by atoms with E-state index in [1.165, 1.54) is 0 Å². The number of benzene rings is 2. The number of hydrogen-bond acceptors (Lipinski definition) is 4. The highest BCUT2D eigenvalue weighted by Gasteiger charge is 2.28. The Balaban J connectivity index is 1.76. The maximum Gasteiger partial charge on any atom is 0.319 e. The second-order valence-electron chi connectivity index (χ2n) is 7.91. The standard InChI is InChI=1S/C22H25F2N5O2/c1-22(2,3)19-18(20(25)29(28-19)17-13-14(23)9-10-16(17)24)27-21(30)26-11-12-31-15-7-5-4-6-8-15/h4-10,13H,11-12,25H2,1-3H3,(H2,26,27,30). The number of nitrogens with two attached hydrogens (primary N) is 1. The van der Waals surface area contributed by atoms with Crippen molar-refractivity contribution in [2.75, 3.05) is 24.2 Å². The molecule has 0 saturated carbocycles. The summed E-state index contributed by atoms with van der Waals surface area (Å²) in [5.41, 5.74) is 6.17. The first-order valence-corrected chi connectivity index (χ1v) is 9.74. The van der Waals surface area contributed by atoms with Gasteiger partial charge in [0, 0.05) is 11.5 Å². The van der Waals surface area contributed by atoms with Crippen molar-refractivity contribution in [1.29, 1.82) is 0 Å². The summed E-state index contributed by atoms with van der Waals surface area (Å²) in [6.45, 7) is 6.14. The van der Waals surface area contributed by atoms with Gasteiger partial charge in [0.1, 0.15) is 35.4 Å². The molecule has 3 aromatic rings. The third-order valence-electron chi connectivity index (χ3n) is 4.41. The molecule has 0 bridgehead atoms. The van der Waals surface area contributed by atoms with E-state index in [4.69, 9.17) is 10.5 Å². The fourth-order valence-electron chi connectivity index (χ4n) is 2.92. The van der Waals surface area contributed by atoms with Gasteiger partial charge in [0.15, 0.2) is 5.82 Å². The highest BCUT2D eigenvalue weighted by molar-refractivity contribution is 5.93. The van der Waals surface area contributed by atoms with Crippen LogP contribution >= 0.6 is 0 Å². The number of amides is 2. The number of nitrogens with one attached hydrogen (secondary N) is 2. The van der Waals surface area contributed by atoms with Crippen molar-refractivity contribution in [2.45, 2.75) is 26.2 Å². The fourth-order valence-corrected chi connectivity index (χ4v) is 2.92. The summed E-state index contributed by atoms with van der Waals surface area (Å²) in [4.78, 5) is 12.4. The summed E-state index contributed by atoms with van der Waals surface area (Å²) in [5, 5.41) is 9.71. The van der Waals surface area contributed by atoms with Gasteiger partial charge in [-0.1, -0.05) is 39.0 Å². The summed E-state index contributed by atoms with van der Waals surface area (Å²) < 4.78 is 34.6. The van der Waals surface area contributed by atoms with Gasteiger partial charge in [-0.05, 0) is 24.3 Å². The van der Waals surface area contributed by atoms with Crippen LogP contribution in [0.25, 0.3) is 5.69 Å². The monoisotopic (exact) mass is 429 g/mol. The first kappa shape index (κ1) is 22.1. The molecule has 1 heterocycles. The van der Waals surface area contributed by atoms with Gasteiger partial charge in [-0.2, -0.15) is 5.10 Å². The molecule has 164 valence electrons. The zero-order valence-corrected chi connectivity index (χ0v) is 17.6. The molecule has 0 atom stereocenters. The van der Waals surface area contributed by atoms with Crippen molar-refractivity contribution < 1.29 is 18.3 Å². The van der Waals surface area contributed by atoms with Gasteiger partial charge >= 0.3 is 6.03 Å². The Bertz CT molecular complexity index is 1060. The average Bonchev–Trinajstić information content (AvgIpc) is 3.04. The fraction of sp³-hybridized carbons (Fsp3) is 0.273. The molecule has 0 saturated heterocycles. The quantitative estimate of drug-likeness (QED) is 0.511. The smallest absolute Gasteiger partial charge is 0.319 e. The van der Waals surface area contributed by atoms with Crippen LogP contribution in [0.2, 0.25) is 0 Å².